The van der Waals surface area contributed by atoms with Crippen molar-refractivity contribution in [2.75, 3.05) is 5.32 Å². The minimum Gasteiger partial charge on any atom is -0.453 e. The van der Waals surface area contributed by atoms with Gasteiger partial charge in [-0.2, -0.15) is 0 Å². The molecule has 0 atom stereocenters. The highest BCUT2D eigenvalue weighted by Crippen LogP contribution is 2.37. The van der Waals surface area contributed by atoms with Gasteiger partial charge in [0, 0.05) is 23.4 Å². The van der Waals surface area contributed by atoms with Gasteiger partial charge < -0.3 is 14.8 Å². The van der Waals surface area contributed by atoms with Crippen LogP contribution >= 0.6 is 11.3 Å². The molecule has 0 aliphatic carbocycles. The van der Waals surface area contributed by atoms with E-state index in [1.54, 1.807) is 36.5 Å². The lowest BCUT2D eigenvalue weighted by Gasteiger charge is -2.12. The van der Waals surface area contributed by atoms with E-state index in [2.05, 4.69) is 20.5 Å². The molecule has 29 heavy (non-hydrogen) atoms. The van der Waals surface area contributed by atoms with Crippen molar-refractivity contribution in [2.24, 2.45) is 0 Å². The smallest absolute Gasteiger partial charge is 0.317 e. The lowest BCUT2D eigenvalue weighted by Crippen LogP contribution is -2.11. The first kappa shape index (κ1) is 19.0. The Kier molecular flexibility index (Phi) is 4.75. The van der Waals surface area contributed by atoms with E-state index >= 15 is 0 Å². The largest absolute Gasteiger partial charge is 0.453 e. The maximum Gasteiger partial charge on any atom is 0.317 e. The van der Waals surface area contributed by atoms with Crippen molar-refractivity contribution >= 4 is 28.9 Å². The Morgan fingerprint density at radius 2 is 1.93 bits per heavy atom. The van der Waals surface area contributed by atoms with E-state index in [4.69, 9.17) is 9.47 Å². The third-order valence-corrected chi connectivity index (χ3v) is 5.42. The molecule has 0 bridgehead atoms. The Balaban J connectivity index is 1.44. The molecular formula is C20H18N4O4S. The van der Waals surface area contributed by atoms with Crippen LogP contribution in [0, 0.1) is 0 Å². The van der Waals surface area contributed by atoms with Crippen molar-refractivity contribution in [1.82, 2.24) is 15.2 Å². The summed E-state index contributed by atoms with van der Waals surface area (Å²) in [4.78, 5) is 28.0. The molecule has 1 N–H and O–H groups in total. The number of pyridine rings is 1. The van der Waals surface area contributed by atoms with Gasteiger partial charge in [-0.25, -0.2) is 0 Å². The second-order valence-electron chi connectivity index (χ2n) is 7.48. The van der Waals surface area contributed by atoms with Crippen LogP contribution in [0.2, 0.25) is 0 Å². The maximum absolute atomic E-state index is 12.4. The summed E-state index contributed by atoms with van der Waals surface area (Å²) < 4.78 is 11.0. The van der Waals surface area contributed by atoms with E-state index in [0.717, 1.165) is 5.01 Å². The molecule has 3 heterocycles. The molecule has 0 spiro atoms. The summed E-state index contributed by atoms with van der Waals surface area (Å²) in [6.07, 6.45) is 1.71. The summed E-state index contributed by atoms with van der Waals surface area (Å²) in [6.45, 7) is 6.06. The van der Waals surface area contributed by atoms with Crippen LogP contribution < -0.4 is 14.8 Å². The fraction of sp³-hybridized carbons (Fsp3) is 0.250. The first-order valence-corrected chi connectivity index (χ1v) is 9.73. The van der Waals surface area contributed by atoms with Gasteiger partial charge in [0.15, 0.2) is 11.5 Å². The molecule has 1 aliphatic heterocycles. The number of hydrogen-bond acceptors (Lipinski definition) is 8. The summed E-state index contributed by atoms with van der Waals surface area (Å²) in [5.74, 6) is 0.630. The summed E-state index contributed by atoms with van der Waals surface area (Å²) in [5, 5.41) is 12.0. The Bertz CT molecular complexity index is 1090. The average molecular weight is 410 g/mol. The third-order valence-electron chi connectivity index (χ3n) is 4.07. The number of rotatable bonds is 4. The van der Waals surface area contributed by atoms with Gasteiger partial charge in [-0.05, 0) is 24.3 Å². The fourth-order valence-corrected chi connectivity index (χ4v) is 3.41. The second-order valence-corrected chi connectivity index (χ2v) is 8.46. The van der Waals surface area contributed by atoms with Crippen LogP contribution in [0.1, 0.15) is 41.3 Å². The van der Waals surface area contributed by atoms with Gasteiger partial charge in [0.05, 0.1) is 12.1 Å². The number of hydrogen-bond donors (Lipinski definition) is 1. The SMILES string of the molecule is CC(C)(C)c1nnc(C(=O)Nc2ccc(Oc3ccnc4c3OC(=O)C4)cc2)s1. The molecular weight excluding hydrogens is 392 g/mol. The van der Waals surface area contributed by atoms with Crippen LogP contribution in [0.3, 0.4) is 0 Å². The number of carbonyl (C=O) groups is 2. The molecule has 3 aromatic rings. The highest BCUT2D eigenvalue weighted by Gasteiger charge is 2.26. The molecule has 1 amide bonds. The molecule has 0 fully saturated rings. The Hall–Kier alpha value is -3.33. The van der Waals surface area contributed by atoms with Crippen LogP contribution in [0.4, 0.5) is 5.69 Å². The van der Waals surface area contributed by atoms with Gasteiger partial charge in [0.25, 0.3) is 5.91 Å². The monoisotopic (exact) mass is 410 g/mol. The van der Waals surface area contributed by atoms with Crippen LogP contribution in [0.25, 0.3) is 0 Å². The number of esters is 1. The zero-order valence-corrected chi connectivity index (χ0v) is 16.9. The number of ether oxygens (including phenoxy) is 2. The lowest BCUT2D eigenvalue weighted by atomic mass is 9.98. The van der Waals surface area contributed by atoms with E-state index in [9.17, 15) is 9.59 Å². The minimum atomic E-state index is -0.354. The Morgan fingerprint density at radius 1 is 1.17 bits per heavy atom. The molecule has 1 aromatic carbocycles. The standard InChI is InChI=1S/C20H18N4O4S/c1-20(2,3)19-24-23-18(29-19)17(26)22-11-4-6-12(7-5-11)27-14-8-9-21-13-10-15(25)28-16(13)14/h4-9H,10H2,1-3H3,(H,22,26). The number of fused-ring (bicyclic) bond motifs is 1. The third kappa shape index (κ3) is 4.09. The van der Waals surface area contributed by atoms with Gasteiger partial charge >= 0.3 is 5.97 Å². The zero-order valence-electron chi connectivity index (χ0n) is 16.1. The van der Waals surface area contributed by atoms with Crippen LogP contribution in [0.15, 0.2) is 36.5 Å². The van der Waals surface area contributed by atoms with Crippen molar-refractivity contribution in [1.29, 1.82) is 0 Å². The predicted molar refractivity (Wildman–Crippen MR) is 107 cm³/mol. The Morgan fingerprint density at radius 3 is 2.62 bits per heavy atom. The molecule has 2 aromatic heterocycles. The second kappa shape index (κ2) is 7.25. The number of carbonyl (C=O) groups excluding carboxylic acids is 2. The molecule has 1 aliphatic rings. The summed E-state index contributed by atoms with van der Waals surface area (Å²) in [6, 6.07) is 8.48. The summed E-state index contributed by atoms with van der Waals surface area (Å²) >= 11 is 1.28. The number of anilines is 1. The number of nitrogens with zero attached hydrogens (tertiary/aromatic N) is 3. The fourth-order valence-electron chi connectivity index (χ4n) is 2.61. The molecule has 0 unspecified atom stereocenters. The molecule has 4 rings (SSSR count). The van der Waals surface area contributed by atoms with E-state index in [1.807, 2.05) is 20.8 Å². The summed E-state index contributed by atoms with van der Waals surface area (Å²) in [7, 11) is 0. The molecule has 0 radical (unpaired) electrons. The van der Waals surface area contributed by atoms with E-state index in [-0.39, 0.29) is 23.7 Å². The highest BCUT2D eigenvalue weighted by atomic mass is 32.1. The first-order chi connectivity index (χ1) is 13.8. The maximum atomic E-state index is 12.4. The molecule has 9 heteroatoms. The zero-order chi connectivity index (χ0) is 20.6. The highest BCUT2D eigenvalue weighted by molar-refractivity contribution is 7.13. The van der Waals surface area contributed by atoms with Crippen molar-refractivity contribution in [2.45, 2.75) is 32.6 Å². The average Bonchev–Trinajstić information content (AvgIpc) is 3.30. The molecule has 0 saturated carbocycles. The van der Waals surface area contributed by atoms with Crippen LogP contribution in [0.5, 0.6) is 17.2 Å². The minimum absolute atomic E-state index is 0.139. The van der Waals surface area contributed by atoms with Crippen molar-refractivity contribution in [3.05, 3.63) is 52.2 Å². The molecule has 0 saturated heterocycles. The predicted octanol–water partition coefficient (Wildman–Crippen LogP) is 3.74. The van der Waals surface area contributed by atoms with Crippen LogP contribution in [-0.2, 0) is 16.6 Å². The van der Waals surface area contributed by atoms with Crippen LogP contribution in [-0.4, -0.2) is 27.1 Å². The topological polar surface area (TPSA) is 103 Å². The van der Waals surface area contributed by atoms with E-state index in [0.29, 0.717) is 33.6 Å². The number of nitrogens with one attached hydrogen (secondary N) is 1. The molecule has 148 valence electrons. The molecule has 8 nitrogen and oxygen atoms in total. The van der Waals surface area contributed by atoms with E-state index in [1.165, 1.54) is 11.3 Å². The first-order valence-electron chi connectivity index (χ1n) is 8.91. The van der Waals surface area contributed by atoms with Gasteiger partial charge in [0.2, 0.25) is 5.01 Å². The van der Waals surface area contributed by atoms with Crippen molar-refractivity contribution in [3.63, 3.8) is 0 Å². The van der Waals surface area contributed by atoms with Crippen molar-refractivity contribution < 1.29 is 19.1 Å². The van der Waals surface area contributed by atoms with E-state index < -0.39 is 0 Å². The number of aromatic nitrogens is 3. The number of amides is 1. The van der Waals surface area contributed by atoms with Gasteiger partial charge in [-0.1, -0.05) is 32.1 Å². The summed E-state index contributed by atoms with van der Waals surface area (Å²) in [5.41, 5.74) is 1.00. The van der Waals surface area contributed by atoms with Gasteiger partial charge in [0.1, 0.15) is 10.8 Å². The Labute approximate surface area is 170 Å². The lowest BCUT2D eigenvalue weighted by molar-refractivity contribution is -0.131. The van der Waals surface area contributed by atoms with Gasteiger partial charge in [-0.3, -0.25) is 14.6 Å². The number of benzene rings is 1. The quantitative estimate of drug-likeness (QED) is 0.654. The normalized spacial score (nSPS) is 13.0. The van der Waals surface area contributed by atoms with Crippen molar-refractivity contribution in [3.8, 4) is 17.2 Å². The van der Waals surface area contributed by atoms with Gasteiger partial charge in [-0.15, -0.1) is 10.2 Å².